The molecule has 7 nitrogen and oxygen atoms in total. The molecule has 0 fully saturated rings. The molecule has 0 saturated heterocycles. The summed E-state index contributed by atoms with van der Waals surface area (Å²) in [6.07, 6.45) is 2.38. The summed E-state index contributed by atoms with van der Waals surface area (Å²) in [6, 6.07) is 1.97. The number of nitrogens with one attached hydrogen (secondary N) is 2. The molecule has 0 atom stereocenters. The van der Waals surface area contributed by atoms with Gasteiger partial charge in [-0.05, 0) is 19.8 Å². The molecule has 0 radical (unpaired) electrons. The summed E-state index contributed by atoms with van der Waals surface area (Å²) in [5, 5.41) is 10.3. The lowest BCUT2D eigenvalue weighted by Crippen LogP contribution is -2.38. The molecular formula is C16H29IN4O3. The average Bonchev–Trinajstić information content (AvgIpc) is 3.02. The topological polar surface area (TPSA) is 88.8 Å². The molecule has 0 saturated carbocycles. The van der Waals surface area contributed by atoms with E-state index in [0.29, 0.717) is 31.4 Å². The Bertz CT molecular complexity index is 501. The fourth-order valence-electron chi connectivity index (χ4n) is 2.19. The van der Waals surface area contributed by atoms with Gasteiger partial charge in [-0.25, -0.2) is 4.99 Å². The Morgan fingerprint density at radius 2 is 2.04 bits per heavy atom. The van der Waals surface area contributed by atoms with E-state index >= 15 is 0 Å². The summed E-state index contributed by atoms with van der Waals surface area (Å²) in [4.78, 5) is 15.5. The molecule has 0 spiro atoms. The van der Waals surface area contributed by atoms with Crippen LogP contribution in [0, 0.1) is 0 Å². The van der Waals surface area contributed by atoms with Crippen molar-refractivity contribution in [2.24, 2.45) is 4.99 Å². The molecule has 8 heteroatoms. The first-order chi connectivity index (χ1) is 11.1. The van der Waals surface area contributed by atoms with Crippen molar-refractivity contribution in [3.05, 3.63) is 17.5 Å². The van der Waals surface area contributed by atoms with Crippen LogP contribution < -0.4 is 10.6 Å². The van der Waals surface area contributed by atoms with E-state index in [1.54, 1.807) is 0 Å². The predicted octanol–water partition coefficient (Wildman–Crippen LogP) is 2.81. The lowest BCUT2D eigenvalue weighted by atomic mass is 9.99. The normalized spacial score (nSPS) is 11.1. The van der Waals surface area contributed by atoms with Crippen molar-refractivity contribution >= 4 is 35.9 Å². The number of rotatable bonds is 9. The molecule has 138 valence electrons. The zero-order valence-electron chi connectivity index (χ0n) is 14.9. The monoisotopic (exact) mass is 452 g/mol. The second-order valence-electron chi connectivity index (χ2n) is 5.18. The van der Waals surface area contributed by atoms with Crippen LogP contribution in [0.5, 0.6) is 0 Å². The standard InChI is InChI=1S/C16H28N4O3.HI/c1-5-12(6-2)14-10-13(23-20-14)11-19-16(17-7-3)18-9-8-15(21)22-4;/h10,12H,5-9,11H2,1-4H3,(H2,17,18,19);1H. The van der Waals surface area contributed by atoms with Crippen LogP contribution in [0.15, 0.2) is 15.6 Å². The summed E-state index contributed by atoms with van der Waals surface area (Å²) in [7, 11) is 1.38. The zero-order chi connectivity index (χ0) is 17.1. The number of carbonyl (C=O) groups is 1. The van der Waals surface area contributed by atoms with Crippen molar-refractivity contribution in [2.45, 2.75) is 52.5 Å². The maximum atomic E-state index is 11.1. The molecule has 1 aromatic heterocycles. The van der Waals surface area contributed by atoms with Crippen LogP contribution in [0.3, 0.4) is 0 Å². The third kappa shape index (κ3) is 7.98. The number of guanidine groups is 1. The number of carbonyl (C=O) groups excluding carboxylic acids is 1. The van der Waals surface area contributed by atoms with Gasteiger partial charge in [0.2, 0.25) is 0 Å². The quantitative estimate of drug-likeness (QED) is 0.259. The van der Waals surface area contributed by atoms with E-state index in [0.717, 1.165) is 30.8 Å². The maximum absolute atomic E-state index is 11.1. The second kappa shape index (κ2) is 13.0. The molecular weight excluding hydrogens is 423 g/mol. The molecule has 0 aromatic carbocycles. The Morgan fingerprint density at radius 1 is 1.33 bits per heavy atom. The van der Waals surface area contributed by atoms with Crippen molar-refractivity contribution in [1.29, 1.82) is 0 Å². The average molecular weight is 452 g/mol. The first-order valence-corrected chi connectivity index (χ1v) is 8.18. The van der Waals surface area contributed by atoms with Crippen LogP contribution in [0.2, 0.25) is 0 Å². The largest absolute Gasteiger partial charge is 0.469 e. The molecule has 0 aliphatic carbocycles. The first kappa shape index (κ1) is 22.7. The minimum Gasteiger partial charge on any atom is -0.469 e. The highest BCUT2D eigenvalue weighted by Crippen LogP contribution is 2.22. The van der Waals surface area contributed by atoms with Gasteiger partial charge in [-0.2, -0.15) is 0 Å². The molecule has 2 N–H and O–H groups in total. The molecule has 0 unspecified atom stereocenters. The van der Waals surface area contributed by atoms with Crippen LogP contribution in [0.25, 0.3) is 0 Å². The number of hydrogen-bond acceptors (Lipinski definition) is 5. The lowest BCUT2D eigenvalue weighted by molar-refractivity contribution is -0.140. The van der Waals surface area contributed by atoms with Crippen LogP contribution in [-0.4, -0.2) is 37.3 Å². The van der Waals surface area contributed by atoms with Gasteiger partial charge in [-0.3, -0.25) is 4.79 Å². The van der Waals surface area contributed by atoms with Gasteiger partial charge in [0, 0.05) is 25.1 Å². The van der Waals surface area contributed by atoms with Crippen LogP contribution in [0.1, 0.15) is 57.4 Å². The van der Waals surface area contributed by atoms with Gasteiger partial charge in [0.25, 0.3) is 0 Å². The Morgan fingerprint density at radius 3 is 2.62 bits per heavy atom. The van der Waals surface area contributed by atoms with E-state index in [9.17, 15) is 4.79 Å². The van der Waals surface area contributed by atoms with E-state index < -0.39 is 0 Å². The van der Waals surface area contributed by atoms with Crippen LogP contribution in [0.4, 0.5) is 0 Å². The van der Waals surface area contributed by atoms with Crippen molar-refractivity contribution in [3.8, 4) is 0 Å². The van der Waals surface area contributed by atoms with Gasteiger partial charge in [-0.1, -0.05) is 19.0 Å². The summed E-state index contributed by atoms with van der Waals surface area (Å²) >= 11 is 0. The summed E-state index contributed by atoms with van der Waals surface area (Å²) in [6.45, 7) is 7.88. The second-order valence-corrected chi connectivity index (χ2v) is 5.18. The molecule has 0 bridgehead atoms. The minimum absolute atomic E-state index is 0. The highest BCUT2D eigenvalue weighted by Gasteiger charge is 2.12. The maximum Gasteiger partial charge on any atom is 0.307 e. The van der Waals surface area contributed by atoms with E-state index in [4.69, 9.17) is 4.52 Å². The van der Waals surface area contributed by atoms with Crippen molar-refractivity contribution in [1.82, 2.24) is 15.8 Å². The fourth-order valence-corrected chi connectivity index (χ4v) is 2.19. The van der Waals surface area contributed by atoms with E-state index in [-0.39, 0.29) is 29.9 Å². The van der Waals surface area contributed by atoms with Gasteiger partial charge in [0.1, 0.15) is 6.54 Å². The van der Waals surface area contributed by atoms with Gasteiger partial charge in [0.05, 0.1) is 19.2 Å². The Balaban J connectivity index is 0.00000529. The summed E-state index contributed by atoms with van der Waals surface area (Å²) < 4.78 is 9.96. The number of nitrogens with zero attached hydrogens (tertiary/aromatic N) is 2. The van der Waals surface area contributed by atoms with Crippen molar-refractivity contribution in [3.63, 3.8) is 0 Å². The molecule has 0 aliphatic rings. The van der Waals surface area contributed by atoms with Crippen molar-refractivity contribution < 1.29 is 14.1 Å². The predicted molar refractivity (Wildman–Crippen MR) is 105 cm³/mol. The summed E-state index contributed by atoms with van der Waals surface area (Å²) in [5.41, 5.74) is 0.990. The van der Waals surface area contributed by atoms with Gasteiger partial charge in [-0.15, -0.1) is 24.0 Å². The summed E-state index contributed by atoms with van der Waals surface area (Å²) in [5.74, 6) is 1.55. The molecule has 24 heavy (non-hydrogen) atoms. The smallest absolute Gasteiger partial charge is 0.307 e. The van der Waals surface area contributed by atoms with Gasteiger partial charge in [0.15, 0.2) is 11.7 Å². The first-order valence-electron chi connectivity index (χ1n) is 8.18. The van der Waals surface area contributed by atoms with E-state index in [1.165, 1.54) is 7.11 Å². The number of ether oxygens (including phenoxy) is 1. The third-order valence-corrected chi connectivity index (χ3v) is 3.57. The van der Waals surface area contributed by atoms with E-state index in [1.807, 2.05) is 13.0 Å². The molecule has 0 aliphatic heterocycles. The number of methoxy groups -OCH3 is 1. The molecule has 1 heterocycles. The molecule has 1 rings (SSSR count). The number of esters is 1. The number of aliphatic imine (C=N–C) groups is 1. The Kier molecular flexibility index (Phi) is 12.3. The highest BCUT2D eigenvalue weighted by molar-refractivity contribution is 14.0. The Labute approximate surface area is 161 Å². The van der Waals surface area contributed by atoms with Crippen molar-refractivity contribution in [2.75, 3.05) is 20.2 Å². The highest BCUT2D eigenvalue weighted by atomic mass is 127. The van der Waals surface area contributed by atoms with E-state index in [2.05, 4.69) is 39.4 Å². The molecule has 0 amide bonds. The van der Waals surface area contributed by atoms with Gasteiger partial charge >= 0.3 is 5.97 Å². The van der Waals surface area contributed by atoms with Gasteiger partial charge < -0.3 is 19.9 Å². The minimum atomic E-state index is -0.251. The fraction of sp³-hybridized carbons (Fsp3) is 0.688. The third-order valence-electron chi connectivity index (χ3n) is 3.57. The Hall–Kier alpha value is -1.32. The zero-order valence-corrected chi connectivity index (χ0v) is 17.3. The van der Waals surface area contributed by atoms with Crippen LogP contribution >= 0.6 is 24.0 Å². The lowest BCUT2D eigenvalue weighted by Gasteiger charge is -2.10. The number of halogens is 1. The number of hydrogen-bond donors (Lipinski definition) is 2. The SMILES string of the molecule is CCNC(=NCc1cc(C(CC)CC)no1)NCCC(=O)OC.I. The van der Waals surface area contributed by atoms with Crippen LogP contribution in [-0.2, 0) is 16.1 Å². The molecule has 1 aromatic rings. The number of aromatic nitrogens is 1.